The molecule has 0 aromatic carbocycles. The minimum absolute atomic E-state index is 0.0472. The highest BCUT2D eigenvalue weighted by Crippen LogP contribution is 1.70. The lowest BCUT2D eigenvalue weighted by Gasteiger charge is -1.91. The zero-order valence-corrected chi connectivity index (χ0v) is 4.94. The molecule has 0 aliphatic rings. The first-order valence-electron chi connectivity index (χ1n) is 2.07. The Hall–Kier alpha value is -0.570. The molecule has 0 heterocycles. The lowest BCUT2D eigenvalue weighted by molar-refractivity contribution is -0.120. The molecule has 0 aliphatic heterocycles. The molecule has 0 radical (unpaired) electrons. The monoisotopic (exact) mass is 135 g/mol. The van der Waals surface area contributed by atoms with Gasteiger partial charge in [0.1, 0.15) is 12.2 Å². The van der Waals surface area contributed by atoms with E-state index < -0.39 is 0 Å². The van der Waals surface area contributed by atoms with Crippen molar-refractivity contribution in [3.05, 3.63) is 0 Å². The standard InChI is InChI=1S/C4H6ClNO2/c5-3-4(8)6-1-2-7/h2H,1,3H2,(H,6,8). The van der Waals surface area contributed by atoms with E-state index in [1.807, 2.05) is 0 Å². The Morgan fingerprint density at radius 3 is 2.75 bits per heavy atom. The SMILES string of the molecule is O=CCNC(=O)CCl. The second kappa shape index (κ2) is 4.59. The van der Waals surface area contributed by atoms with E-state index in [1.165, 1.54) is 0 Å². The van der Waals surface area contributed by atoms with E-state index >= 15 is 0 Å². The van der Waals surface area contributed by atoms with Gasteiger partial charge >= 0.3 is 0 Å². The molecule has 0 bridgehead atoms. The predicted octanol–water partition coefficient (Wildman–Crippen LogP) is -0.460. The van der Waals surface area contributed by atoms with Crippen LogP contribution in [0.5, 0.6) is 0 Å². The maximum atomic E-state index is 10.2. The molecule has 0 aliphatic carbocycles. The summed E-state index contributed by atoms with van der Waals surface area (Å²) in [4.78, 5) is 19.7. The van der Waals surface area contributed by atoms with Crippen LogP contribution in [0.15, 0.2) is 0 Å². The number of carbonyl (C=O) groups excluding carboxylic acids is 2. The largest absolute Gasteiger partial charge is 0.348 e. The summed E-state index contributed by atoms with van der Waals surface area (Å²) in [5, 5.41) is 2.24. The van der Waals surface area contributed by atoms with Crippen LogP contribution in [-0.2, 0) is 9.59 Å². The average molecular weight is 136 g/mol. The Morgan fingerprint density at radius 2 is 2.38 bits per heavy atom. The van der Waals surface area contributed by atoms with Crippen molar-refractivity contribution in [2.45, 2.75) is 0 Å². The zero-order valence-electron chi connectivity index (χ0n) is 4.19. The van der Waals surface area contributed by atoms with Gasteiger partial charge in [0.2, 0.25) is 5.91 Å². The molecule has 0 fully saturated rings. The summed E-state index contributed by atoms with van der Waals surface area (Å²) in [5.41, 5.74) is 0. The van der Waals surface area contributed by atoms with Crippen LogP contribution in [0.4, 0.5) is 0 Å². The number of carbonyl (C=O) groups is 2. The van der Waals surface area contributed by atoms with E-state index in [4.69, 9.17) is 11.6 Å². The quantitative estimate of drug-likeness (QED) is 0.421. The molecule has 0 saturated heterocycles. The summed E-state index contributed by atoms with van der Waals surface area (Å²) in [6, 6.07) is 0. The first kappa shape index (κ1) is 7.43. The fraction of sp³-hybridized carbons (Fsp3) is 0.500. The van der Waals surface area contributed by atoms with Gasteiger partial charge in [-0.05, 0) is 0 Å². The number of hydrogen-bond donors (Lipinski definition) is 1. The van der Waals surface area contributed by atoms with E-state index in [9.17, 15) is 9.59 Å². The fourth-order valence-electron chi connectivity index (χ4n) is 0.203. The molecule has 1 amide bonds. The molecule has 46 valence electrons. The first-order valence-corrected chi connectivity index (χ1v) is 2.61. The number of aldehydes is 1. The topological polar surface area (TPSA) is 46.2 Å². The van der Waals surface area contributed by atoms with Crippen molar-refractivity contribution in [1.82, 2.24) is 5.32 Å². The Kier molecular flexibility index (Phi) is 4.26. The number of halogens is 1. The average Bonchev–Trinajstić information content (AvgIpc) is 1.83. The fourth-order valence-corrected chi connectivity index (χ4v) is 0.297. The first-order chi connectivity index (χ1) is 3.81. The third-order valence-corrected chi connectivity index (χ3v) is 0.747. The van der Waals surface area contributed by atoms with E-state index in [1.54, 1.807) is 0 Å². The summed E-state index contributed by atoms with van der Waals surface area (Å²) in [7, 11) is 0. The molecule has 8 heavy (non-hydrogen) atoms. The summed E-state index contributed by atoms with van der Waals surface area (Å²) < 4.78 is 0. The molecule has 0 atom stereocenters. The van der Waals surface area contributed by atoms with Crippen molar-refractivity contribution in [3.63, 3.8) is 0 Å². The normalized spacial score (nSPS) is 8.12. The molecule has 1 N–H and O–H groups in total. The molecule has 0 spiro atoms. The Bertz CT molecular complexity index is 94.0. The van der Waals surface area contributed by atoms with Gasteiger partial charge in [-0.2, -0.15) is 0 Å². The van der Waals surface area contributed by atoms with Gasteiger partial charge in [0.15, 0.2) is 0 Å². The molecule has 0 aromatic rings. The summed E-state index contributed by atoms with van der Waals surface area (Å²) in [6.45, 7) is 0.0472. The highest BCUT2D eigenvalue weighted by atomic mass is 35.5. The number of hydrogen-bond acceptors (Lipinski definition) is 2. The maximum Gasteiger partial charge on any atom is 0.235 e. The Morgan fingerprint density at radius 1 is 1.75 bits per heavy atom. The van der Waals surface area contributed by atoms with Gasteiger partial charge in [-0.1, -0.05) is 0 Å². The Balaban J connectivity index is 3.11. The second-order valence-corrected chi connectivity index (χ2v) is 1.37. The smallest absolute Gasteiger partial charge is 0.235 e. The van der Waals surface area contributed by atoms with Crippen molar-refractivity contribution in [3.8, 4) is 0 Å². The lowest BCUT2D eigenvalue weighted by Crippen LogP contribution is -2.25. The van der Waals surface area contributed by atoms with Gasteiger partial charge < -0.3 is 10.1 Å². The van der Waals surface area contributed by atoms with Crippen LogP contribution in [0.25, 0.3) is 0 Å². The van der Waals surface area contributed by atoms with Gasteiger partial charge in [-0.15, -0.1) is 11.6 Å². The summed E-state index contributed by atoms with van der Waals surface area (Å²) in [5.74, 6) is -0.410. The van der Waals surface area contributed by atoms with Crippen molar-refractivity contribution >= 4 is 23.8 Å². The molecule has 0 unspecified atom stereocenters. The number of alkyl halides is 1. The van der Waals surface area contributed by atoms with Crippen LogP contribution in [0.1, 0.15) is 0 Å². The second-order valence-electron chi connectivity index (χ2n) is 1.10. The summed E-state index contributed by atoms with van der Waals surface area (Å²) >= 11 is 5.06. The lowest BCUT2D eigenvalue weighted by atomic mass is 10.6. The minimum Gasteiger partial charge on any atom is -0.348 e. The van der Waals surface area contributed by atoms with E-state index in [2.05, 4.69) is 5.32 Å². The molecule has 0 aromatic heterocycles. The molecule has 0 rings (SSSR count). The number of amides is 1. The van der Waals surface area contributed by atoms with Crippen LogP contribution in [-0.4, -0.2) is 24.6 Å². The molecule has 4 heteroatoms. The van der Waals surface area contributed by atoms with Crippen molar-refractivity contribution < 1.29 is 9.59 Å². The van der Waals surface area contributed by atoms with Crippen LogP contribution >= 0.6 is 11.6 Å². The van der Waals surface area contributed by atoms with Gasteiger partial charge in [0.25, 0.3) is 0 Å². The van der Waals surface area contributed by atoms with Crippen molar-refractivity contribution in [1.29, 1.82) is 0 Å². The molecular formula is C4H6ClNO2. The van der Waals surface area contributed by atoms with Crippen LogP contribution in [0.3, 0.4) is 0 Å². The van der Waals surface area contributed by atoms with Gasteiger partial charge in [0.05, 0.1) is 6.54 Å². The predicted molar refractivity (Wildman–Crippen MR) is 29.8 cm³/mol. The van der Waals surface area contributed by atoms with Gasteiger partial charge in [0, 0.05) is 0 Å². The third-order valence-electron chi connectivity index (χ3n) is 0.504. The third kappa shape index (κ3) is 3.61. The molecular weight excluding hydrogens is 130 g/mol. The van der Waals surface area contributed by atoms with E-state index in [-0.39, 0.29) is 18.3 Å². The van der Waals surface area contributed by atoms with E-state index in [0.717, 1.165) is 0 Å². The highest BCUT2D eigenvalue weighted by molar-refractivity contribution is 6.27. The Labute approximate surface area is 52.0 Å². The molecule has 0 saturated carbocycles. The van der Waals surface area contributed by atoms with E-state index in [0.29, 0.717) is 6.29 Å². The van der Waals surface area contributed by atoms with Gasteiger partial charge in [-0.3, -0.25) is 4.79 Å². The summed E-state index contributed by atoms with van der Waals surface area (Å²) in [6.07, 6.45) is 0.602. The van der Waals surface area contributed by atoms with Crippen molar-refractivity contribution in [2.24, 2.45) is 0 Å². The zero-order chi connectivity index (χ0) is 6.41. The number of nitrogens with one attached hydrogen (secondary N) is 1. The van der Waals surface area contributed by atoms with Gasteiger partial charge in [-0.25, -0.2) is 0 Å². The minimum atomic E-state index is -0.321. The van der Waals surface area contributed by atoms with Crippen LogP contribution in [0.2, 0.25) is 0 Å². The van der Waals surface area contributed by atoms with Crippen LogP contribution < -0.4 is 5.32 Å². The number of rotatable bonds is 3. The van der Waals surface area contributed by atoms with Crippen LogP contribution in [0, 0.1) is 0 Å². The highest BCUT2D eigenvalue weighted by Gasteiger charge is 1.92. The van der Waals surface area contributed by atoms with Crippen molar-refractivity contribution in [2.75, 3.05) is 12.4 Å². The maximum absolute atomic E-state index is 10.2. The molecule has 3 nitrogen and oxygen atoms in total.